The predicted octanol–water partition coefficient (Wildman–Crippen LogP) is 2.99. The predicted molar refractivity (Wildman–Crippen MR) is 45.5 cm³/mol. The number of ether oxygens (including phenoxy) is 1. The van der Waals surface area contributed by atoms with Gasteiger partial charge in [0.2, 0.25) is 5.88 Å². The van der Waals surface area contributed by atoms with Crippen LogP contribution in [0.5, 0.6) is 5.88 Å². The largest absolute Gasteiger partial charge is 0.481 e. The van der Waals surface area contributed by atoms with Crippen LogP contribution in [0.3, 0.4) is 0 Å². The van der Waals surface area contributed by atoms with Gasteiger partial charge < -0.3 is 4.74 Å². The van der Waals surface area contributed by atoms with Gasteiger partial charge in [-0.2, -0.15) is 0 Å². The molecule has 0 aliphatic rings. The maximum absolute atomic E-state index is 12.4. The smallest absolute Gasteiger partial charge is 0.267 e. The first-order chi connectivity index (χ1) is 6.06. The van der Waals surface area contributed by atoms with Gasteiger partial charge in [0, 0.05) is 6.07 Å². The number of rotatable bonds is 2. The van der Waals surface area contributed by atoms with Crippen molar-refractivity contribution in [2.75, 3.05) is 7.11 Å². The summed E-state index contributed by atoms with van der Waals surface area (Å²) >= 11 is 5.54. The van der Waals surface area contributed by atoms with Crippen molar-refractivity contribution in [2.45, 2.75) is 13.3 Å². The van der Waals surface area contributed by atoms with E-state index in [9.17, 15) is 8.78 Å². The van der Waals surface area contributed by atoms with Gasteiger partial charge in [-0.25, -0.2) is 13.8 Å². The summed E-state index contributed by atoms with van der Waals surface area (Å²) in [5.41, 5.74) is 0.148. The number of halogens is 3. The number of aryl methyl sites for hydroxylation is 1. The Hall–Kier alpha value is -0.900. The quantitative estimate of drug-likeness (QED) is 0.696. The van der Waals surface area contributed by atoms with E-state index >= 15 is 0 Å². The topological polar surface area (TPSA) is 22.1 Å². The third-order valence-electron chi connectivity index (χ3n) is 1.62. The van der Waals surface area contributed by atoms with Crippen molar-refractivity contribution in [2.24, 2.45) is 0 Å². The van der Waals surface area contributed by atoms with Crippen LogP contribution in [-0.2, 0) is 0 Å². The Morgan fingerprint density at radius 2 is 2.15 bits per heavy atom. The second-order valence-electron chi connectivity index (χ2n) is 2.49. The molecule has 0 fully saturated rings. The van der Waals surface area contributed by atoms with E-state index in [4.69, 9.17) is 16.3 Å². The molecule has 72 valence electrons. The summed E-state index contributed by atoms with van der Waals surface area (Å²) < 4.78 is 29.5. The van der Waals surface area contributed by atoms with Crippen LogP contribution in [-0.4, -0.2) is 12.1 Å². The van der Waals surface area contributed by atoms with Crippen molar-refractivity contribution in [3.05, 3.63) is 22.3 Å². The number of methoxy groups -OCH3 is 1. The summed E-state index contributed by atoms with van der Waals surface area (Å²) in [5.74, 6) is 0.243. The van der Waals surface area contributed by atoms with Crippen molar-refractivity contribution in [1.82, 2.24) is 4.98 Å². The minimum Gasteiger partial charge on any atom is -0.481 e. The molecule has 0 aromatic carbocycles. The first kappa shape index (κ1) is 10.2. The highest BCUT2D eigenvalue weighted by Gasteiger charge is 2.17. The number of nitrogens with zero attached hydrogens (tertiary/aromatic N) is 1. The Balaban J connectivity index is 3.23. The molecule has 1 rings (SSSR count). The first-order valence-electron chi connectivity index (χ1n) is 3.55. The Bertz CT molecular complexity index is 294. The van der Waals surface area contributed by atoms with E-state index in [1.807, 2.05) is 0 Å². The van der Waals surface area contributed by atoms with E-state index in [2.05, 4.69) is 4.98 Å². The van der Waals surface area contributed by atoms with Gasteiger partial charge in [0.1, 0.15) is 5.15 Å². The highest BCUT2D eigenvalue weighted by atomic mass is 35.5. The molecule has 0 radical (unpaired) electrons. The molecular weight excluding hydrogens is 200 g/mol. The average molecular weight is 208 g/mol. The van der Waals surface area contributed by atoms with Crippen molar-refractivity contribution in [3.63, 3.8) is 0 Å². The monoisotopic (exact) mass is 207 g/mol. The molecule has 0 saturated heterocycles. The van der Waals surface area contributed by atoms with Crippen LogP contribution in [0.25, 0.3) is 0 Å². The number of aromatic nitrogens is 1. The fourth-order valence-corrected chi connectivity index (χ4v) is 1.30. The molecule has 1 aromatic rings. The lowest BCUT2D eigenvalue weighted by Gasteiger charge is -2.08. The zero-order valence-electron chi connectivity index (χ0n) is 7.14. The number of alkyl halides is 2. The van der Waals surface area contributed by atoms with E-state index < -0.39 is 6.43 Å². The van der Waals surface area contributed by atoms with Crippen molar-refractivity contribution < 1.29 is 13.5 Å². The molecule has 0 unspecified atom stereocenters. The lowest BCUT2D eigenvalue weighted by atomic mass is 10.2. The molecule has 0 aliphatic heterocycles. The highest BCUT2D eigenvalue weighted by molar-refractivity contribution is 6.30. The van der Waals surface area contributed by atoms with Crippen LogP contribution < -0.4 is 4.74 Å². The van der Waals surface area contributed by atoms with E-state index in [0.717, 1.165) is 0 Å². The fraction of sp³-hybridized carbons (Fsp3) is 0.375. The van der Waals surface area contributed by atoms with Gasteiger partial charge in [-0.1, -0.05) is 11.6 Å². The fourth-order valence-electron chi connectivity index (χ4n) is 0.982. The number of hydrogen-bond donors (Lipinski definition) is 0. The van der Waals surface area contributed by atoms with Crippen LogP contribution >= 0.6 is 11.6 Å². The third kappa shape index (κ3) is 2.06. The molecule has 0 atom stereocenters. The Labute approximate surface area is 79.5 Å². The second-order valence-corrected chi connectivity index (χ2v) is 2.84. The van der Waals surface area contributed by atoms with Crippen LogP contribution in [0.2, 0.25) is 5.15 Å². The Morgan fingerprint density at radius 3 is 2.54 bits per heavy atom. The zero-order valence-corrected chi connectivity index (χ0v) is 7.90. The normalized spacial score (nSPS) is 10.6. The highest BCUT2D eigenvalue weighted by Crippen LogP contribution is 2.30. The first-order valence-corrected chi connectivity index (χ1v) is 3.93. The summed E-state index contributed by atoms with van der Waals surface area (Å²) in [6, 6.07) is 1.42. The lowest BCUT2D eigenvalue weighted by Crippen LogP contribution is -1.96. The second kappa shape index (κ2) is 3.87. The third-order valence-corrected chi connectivity index (χ3v) is 1.91. The molecule has 0 spiro atoms. The Kier molecular flexibility index (Phi) is 3.03. The summed E-state index contributed by atoms with van der Waals surface area (Å²) in [6.07, 6.45) is -2.61. The summed E-state index contributed by atoms with van der Waals surface area (Å²) in [6.45, 7) is 1.54. The summed E-state index contributed by atoms with van der Waals surface area (Å²) in [5, 5.41) is -0.202. The summed E-state index contributed by atoms with van der Waals surface area (Å²) in [4.78, 5) is 3.64. The van der Waals surface area contributed by atoms with Crippen LogP contribution in [0.15, 0.2) is 6.07 Å². The molecule has 0 N–H and O–H groups in total. The minimum atomic E-state index is -2.61. The molecule has 0 bridgehead atoms. The molecule has 1 heterocycles. The van der Waals surface area contributed by atoms with Gasteiger partial charge in [0.05, 0.1) is 12.7 Å². The van der Waals surface area contributed by atoms with Crippen LogP contribution in [0.4, 0.5) is 8.78 Å². The molecule has 1 aromatic heterocycles. The van der Waals surface area contributed by atoms with E-state index in [-0.39, 0.29) is 16.6 Å². The standard InChI is InChI=1S/C8H8ClF2NO/c1-4-3-5(13-2)12-7(9)6(4)8(10)11/h3,8H,1-2H3. The van der Waals surface area contributed by atoms with Gasteiger partial charge in [-0.15, -0.1) is 0 Å². The number of pyridine rings is 1. The lowest BCUT2D eigenvalue weighted by molar-refractivity contribution is 0.150. The van der Waals surface area contributed by atoms with Gasteiger partial charge in [0.25, 0.3) is 6.43 Å². The van der Waals surface area contributed by atoms with E-state index in [1.54, 1.807) is 0 Å². The Morgan fingerprint density at radius 1 is 1.54 bits per heavy atom. The molecule has 0 aliphatic carbocycles. The zero-order chi connectivity index (χ0) is 10.0. The number of hydrogen-bond acceptors (Lipinski definition) is 2. The molecule has 5 heteroatoms. The van der Waals surface area contributed by atoms with Gasteiger partial charge in [-0.3, -0.25) is 0 Å². The molecule has 13 heavy (non-hydrogen) atoms. The molecule has 2 nitrogen and oxygen atoms in total. The molecular formula is C8H8ClF2NO. The van der Waals surface area contributed by atoms with E-state index in [0.29, 0.717) is 5.56 Å². The van der Waals surface area contributed by atoms with Crippen LogP contribution in [0, 0.1) is 6.92 Å². The van der Waals surface area contributed by atoms with Crippen molar-refractivity contribution in [3.8, 4) is 5.88 Å². The maximum atomic E-state index is 12.4. The van der Waals surface area contributed by atoms with Gasteiger partial charge in [0.15, 0.2) is 0 Å². The molecule has 0 amide bonds. The minimum absolute atomic E-state index is 0.202. The van der Waals surface area contributed by atoms with Gasteiger partial charge in [-0.05, 0) is 12.5 Å². The molecule has 0 saturated carbocycles. The summed E-state index contributed by atoms with van der Waals surface area (Å²) in [7, 11) is 1.40. The van der Waals surface area contributed by atoms with Crippen molar-refractivity contribution >= 4 is 11.6 Å². The van der Waals surface area contributed by atoms with Gasteiger partial charge >= 0.3 is 0 Å². The van der Waals surface area contributed by atoms with Crippen molar-refractivity contribution in [1.29, 1.82) is 0 Å². The average Bonchev–Trinajstić information content (AvgIpc) is 2.02. The van der Waals surface area contributed by atoms with E-state index in [1.165, 1.54) is 20.1 Å². The van der Waals surface area contributed by atoms with Crippen LogP contribution in [0.1, 0.15) is 17.6 Å². The maximum Gasteiger partial charge on any atom is 0.267 e. The SMILES string of the molecule is COc1cc(C)c(C(F)F)c(Cl)n1.